The van der Waals surface area contributed by atoms with Crippen molar-refractivity contribution < 1.29 is 0 Å². The van der Waals surface area contributed by atoms with E-state index in [4.69, 9.17) is 4.98 Å². The van der Waals surface area contributed by atoms with Gasteiger partial charge in [0.2, 0.25) is 0 Å². The highest BCUT2D eigenvalue weighted by Crippen LogP contribution is 2.38. The molecule has 112 valence electrons. The van der Waals surface area contributed by atoms with Crippen LogP contribution in [0.4, 0.5) is 5.13 Å². The normalized spacial score (nSPS) is 30.4. The van der Waals surface area contributed by atoms with Gasteiger partial charge in [-0.2, -0.15) is 0 Å². The third-order valence-corrected chi connectivity index (χ3v) is 5.95. The van der Waals surface area contributed by atoms with Crippen LogP contribution in [0.1, 0.15) is 63.1 Å². The van der Waals surface area contributed by atoms with E-state index in [0.717, 1.165) is 12.5 Å². The Morgan fingerprint density at radius 3 is 2.95 bits per heavy atom. The van der Waals surface area contributed by atoms with E-state index < -0.39 is 0 Å². The maximum Gasteiger partial charge on any atom is 0.186 e. The lowest BCUT2D eigenvalue weighted by atomic mass is 9.94. The van der Waals surface area contributed by atoms with Crippen LogP contribution in [0.2, 0.25) is 0 Å². The molecule has 1 aliphatic carbocycles. The van der Waals surface area contributed by atoms with Gasteiger partial charge in [-0.3, -0.25) is 0 Å². The molecule has 4 heteroatoms. The van der Waals surface area contributed by atoms with E-state index in [2.05, 4.69) is 31.0 Å². The monoisotopic (exact) mass is 293 g/mol. The van der Waals surface area contributed by atoms with Crippen LogP contribution < -0.4 is 10.2 Å². The molecule has 1 aliphatic heterocycles. The fourth-order valence-electron chi connectivity index (χ4n) is 3.66. The second-order valence-electron chi connectivity index (χ2n) is 6.48. The highest BCUT2D eigenvalue weighted by atomic mass is 32.1. The van der Waals surface area contributed by atoms with Gasteiger partial charge in [-0.1, -0.05) is 13.8 Å². The summed E-state index contributed by atoms with van der Waals surface area (Å²) in [5.74, 6) is 0.866. The first kappa shape index (κ1) is 14.3. The standard InChI is InChI=1S/C16H27N3S/c1-4-17-13-6-5-7-14-15(13)18-16(20-14)19-9-8-11(2)10-12(19)3/h11-13,17H,4-10H2,1-3H3. The summed E-state index contributed by atoms with van der Waals surface area (Å²) in [6, 6.07) is 1.14. The van der Waals surface area contributed by atoms with Crippen molar-refractivity contribution in [2.75, 3.05) is 18.0 Å². The SMILES string of the molecule is CCNC1CCCc2sc(N3CCC(C)CC3C)nc21. The van der Waals surface area contributed by atoms with E-state index in [-0.39, 0.29) is 0 Å². The molecule has 1 aromatic rings. The lowest BCUT2D eigenvalue weighted by Gasteiger charge is -2.36. The minimum Gasteiger partial charge on any atom is -0.345 e. The van der Waals surface area contributed by atoms with Gasteiger partial charge < -0.3 is 10.2 Å². The predicted octanol–water partition coefficient (Wildman–Crippen LogP) is 3.75. The van der Waals surface area contributed by atoms with E-state index in [0.29, 0.717) is 12.1 Å². The summed E-state index contributed by atoms with van der Waals surface area (Å²) in [6.45, 7) is 9.14. The first-order valence-electron chi connectivity index (χ1n) is 8.18. The first-order valence-corrected chi connectivity index (χ1v) is 9.00. The molecule has 1 saturated heterocycles. The molecule has 20 heavy (non-hydrogen) atoms. The first-order chi connectivity index (χ1) is 9.69. The fourth-order valence-corrected chi connectivity index (χ4v) is 4.96. The van der Waals surface area contributed by atoms with Crippen molar-refractivity contribution >= 4 is 16.5 Å². The summed E-state index contributed by atoms with van der Waals surface area (Å²) in [4.78, 5) is 9.11. The molecule has 3 nitrogen and oxygen atoms in total. The van der Waals surface area contributed by atoms with Crippen molar-refractivity contribution in [2.24, 2.45) is 5.92 Å². The van der Waals surface area contributed by atoms with Gasteiger partial charge in [-0.25, -0.2) is 4.98 Å². The van der Waals surface area contributed by atoms with Crippen molar-refractivity contribution in [3.8, 4) is 0 Å². The van der Waals surface area contributed by atoms with Crippen molar-refractivity contribution in [3.63, 3.8) is 0 Å². The summed E-state index contributed by atoms with van der Waals surface area (Å²) < 4.78 is 0. The molecule has 2 heterocycles. The third-order valence-electron chi connectivity index (χ3n) is 4.78. The smallest absolute Gasteiger partial charge is 0.186 e. The lowest BCUT2D eigenvalue weighted by molar-refractivity contribution is 0.377. The topological polar surface area (TPSA) is 28.2 Å². The number of anilines is 1. The van der Waals surface area contributed by atoms with E-state index in [9.17, 15) is 0 Å². The lowest BCUT2D eigenvalue weighted by Crippen LogP contribution is -2.40. The molecule has 0 bridgehead atoms. The number of aromatic nitrogens is 1. The molecule has 1 fully saturated rings. The van der Waals surface area contributed by atoms with Crippen LogP contribution in [0.25, 0.3) is 0 Å². The molecular formula is C16H27N3S. The largest absolute Gasteiger partial charge is 0.345 e. The van der Waals surface area contributed by atoms with Gasteiger partial charge in [-0.15, -0.1) is 11.3 Å². The van der Waals surface area contributed by atoms with E-state index >= 15 is 0 Å². The van der Waals surface area contributed by atoms with Crippen LogP contribution in [0.15, 0.2) is 0 Å². The molecule has 1 aromatic heterocycles. The Labute approximate surface area is 126 Å². The van der Waals surface area contributed by atoms with E-state index in [1.807, 2.05) is 11.3 Å². The molecule has 3 rings (SSSR count). The van der Waals surface area contributed by atoms with Gasteiger partial charge in [-0.05, 0) is 51.5 Å². The van der Waals surface area contributed by atoms with Gasteiger partial charge in [0.25, 0.3) is 0 Å². The summed E-state index contributed by atoms with van der Waals surface area (Å²) in [5.41, 5.74) is 1.35. The Balaban J connectivity index is 1.81. The quantitative estimate of drug-likeness (QED) is 0.920. The van der Waals surface area contributed by atoms with Crippen LogP contribution in [-0.4, -0.2) is 24.1 Å². The molecule has 1 N–H and O–H groups in total. The average molecular weight is 293 g/mol. The van der Waals surface area contributed by atoms with Crippen LogP contribution in [0.3, 0.4) is 0 Å². The second kappa shape index (κ2) is 6.02. The van der Waals surface area contributed by atoms with Gasteiger partial charge in [0, 0.05) is 17.5 Å². The van der Waals surface area contributed by atoms with Crippen molar-refractivity contribution in [1.29, 1.82) is 0 Å². The zero-order valence-corrected chi connectivity index (χ0v) is 13.8. The number of thiazole rings is 1. The summed E-state index contributed by atoms with van der Waals surface area (Å²) in [7, 11) is 0. The molecule has 3 atom stereocenters. The number of nitrogens with zero attached hydrogens (tertiary/aromatic N) is 2. The molecule has 0 aromatic carbocycles. The number of fused-ring (bicyclic) bond motifs is 1. The van der Waals surface area contributed by atoms with Crippen molar-refractivity contribution in [1.82, 2.24) is 10.3 Å². The maximum atomic E-state index is 5.03. The Kier molecular flexibility index (Phi) is 4.32. The Hall–Kier alpha value is -0.610. The minimum absolute atomic E-state index is 0.493. The van der Waals surface area contributed by atoms with Gasteiger partial charge in [0.1, 0.15) is 0 Å². The van der Waals surface area contributed by atoms with E-state index in [1.165, 1.54) is 54.4 Å². The van der Waals surface area contributed by atoms with Gasteiger partial charge in [0.15, 0.2) is 5.13 Å². The molecule has 0 saturated carbocycles. The number of piperidine rings is 1. The van der Waals surface area contributed by atoms with E-state index in [1.54, 1.807) is 0 Å². The Morgan fingerprint density at radius 2 is 2.20 bits per heavy atom. The minimum atomic E-state index is 0.493. The Bertz CT molecular complexity index is 457. The van der Waals surface area contributed by atoms with Crippen LogP contribution in [-0.2, 0) is 6.42 Å². The molecular weight excluding hydrogens is 266 g/mol. The van der Waals surface area contributed by atoms with Crippen LogP contribution in [0.5, 0.6) is 0 Å². The predicted molar refractivity (Wildman–Crippen MR) is 86.7 cm³/mol. The average Bonchev–Trinajstić information content (AvgIpc) is 2.83. The zero-order chi connectivity index (χ0) is 14.1. The van der Waals surface area contributed by atoms with Gasteiger partial charge in [0.05, 0.1) is 11.7 Å². The van der Waals surface area contributed by atoms with Crippen molar-refractivity contribution in [3.05, 3.63) is 10.6 Å². The number of hydrogen-bond donors (Lipinski definition) is 1. The number of rotatable bonds is 3. The molecule has 0 amide bonds. The van der Waals surface area contributed by atoms with Crippen LogP contribution in [0, 0.1) is 5.92 Å². The number of nitrogens with one attached hydrogen (secondary N) is 1. The zero-order valence-electron chi connectivity index (χ0n) is 13.0. The number of aryl methyl sites for hydroxylation is 1. The maximum absolute atomic E-state index is 5.03. The highest BCUT2D eigenvalue weighted by molar-refractivity contribution is 7.15. The van der Waals surface area contributed by atoms with Crippen LogP contribution >= 0.6 is 11.3 Å². The highest BCUT2D eigenvalue weighted by Gasteiger charge is 2.29. The number of hydrogen-bond acceptors (Lipinski definition) is 4. The second-order valence-corrected chi connectivity index (χ2v) is 7.54. The third kappa shape index (κ3) is 2.73. The summed E-state index contributed by atoms with van der Waals surface area (Å²) in [6.07, 6.45) is 6.40. The fraction of sp³-hybridized carbons (Fsp3) is 0.812. The van der Waals surface area contributed by atoms with Crippen molar-refractivity contribution in [2.45, 2.75) is 65.0 Å². The molecule has 0 spiro atoms. The molecule has 2 aliphatic rings. The summed E-state index contributed by atoms with van der Waals surface area (Å²) in [5, 5.41) is 4.88. The Morgan fingerprint density at radius 1 is 1.35 bits per heavy atom. The summed E-state index contributed by atoms with van der Waals surface area (Å²) >= 11 is 1.95. The molecule has 0 radical (unpaired) electrons. The molecule has 3 unspecified atom stereocenters. The van der Waals surface area contributed by atoms with Gasteiger partial charge >= 0.3 is 0 Å².